The molecule has 0 radical (unpaired) electrons. The van der Waals surface area contributed by atoms with Gasteiger partial charge in [-0.25, -0.2) is 5.84 Å². The normalized spacial score (nSPS) is 18.2. The Morgan fingerprint density at radius 1 is 1.26 bits per heavy atom. The van der Waals surface area contributed by atoms with Gasteiger partial charge < -0.3 is 5.43 Å². The van der Waals surface area contributed by atoms with Gasteiger partial charge in [0, 0.05) is 10.0 Å². The Morgan fingerprint density at radius 3 is 2.58 bits per heavy atom. The number of aryl methyl sites for hydroxylation is 1. The highest BCUT2D eigenvalue weighted by molar-refractivity contribution is 9.10. The maximum atomic E-state index is 5.68. The molecule has 0 saturated heterocycles. The zero-order chi connectivity index (χ0) is 13.7. The number of aliphatic imine (C=N–C) groups is 1. The topological polar surface area (TPSA) is 50.4 Å². The highest BCUT2D eigenvalue weighted by atomic mass is 79.9. The van der Waals surface area contributed by atoms with E-state index in [9.17, 15) is 0 Å². The van der Waals surface area contributed by atoms with Crippen LogP contribution in [0, 0.1) is 6.92 Å². The number of amidine groups is 1. The zero-order valence-corrected chi connectivity index (χ0v) is 13.0. The molecule has 0 aliphatic heterocycles. The molecule has 0 aromatic heterocycles. The maximum absolute atomic E-state index is 5.68. The minimum Gasteiger partial charge on any atom is -0.308 e. The first kappa shape index (κ1) is 14.5. The molecule has 1 aliphatic carbocycles. The fourth-order valence-electron chi connectivity index (χ4n) is 2.58. The van der Waals surface area contributed by atoms with Crippen LogP contribution in [-0.4, -0.2) is 11.9 Å². The van der Waals surface area contributed by atoms with Crippen LogP contribution in [0.4, 0.5) is 0 Å². The molecule has 3 nitrogen and oxygen atoms in total. The summed E-state index contributed by atoms with van der Waals surface area (Å²) in [4.78, 5) is 4.84. The van der Waals surface area contributed by atoms with E-state index in [-0.39, 0.29) is 0 Å². The van der Waals surface area contributed by atoms with Gasteiger partial charge in [0.2, 0.25) is 0 Å². The molecule has 1 aromatic rings. The van der Waals surface area contributed by atoms with Crippen molar-refractivity contribution in [2.45, 2.75) is 51.5 Å². The van der Waals surface area contributed by atoms with Gasteiger partial charge in [-0.3, -0.25) is 4.99 Å². The van der Waals surface area contributed by atoms with Crippen LogP contribution in [0.15, 0.2) is 27.7 Å². The molecular formula is C15H22BrN3. The number of rotatable bonds is 2. The summed E-state index contributed by atoms with van der Waals surface area (Å²) in [6.45, 7) is 2.08. The van der Waals surface area contributed by atoms with Crippen LogP contribution < -0.4 is 11.3 Å². The van der Waals surface area contributed by atoms with Crippen LogP contribution in [0.1, 0.15) is 49.7 Å². The van der Waals surface area contributed by atoms with Crippen molar-refractivity contribution in [2.75, 3.05) is 0 Å². The van der Waals surface area contributed by atoms with Gasteiger partial charge in [-0.1, -0.05) is 43.9 Å². The second kappa shape index (κ2) is 7.06. The van der Waals surface area contributed by atoms with Crippen LogP contribution in [0.5, 0.6) is 0 Å². The molecule has 1 saturated carbocycles. The summed E-state index contributed by atoms with van der Waals surface area (Å²) >= 11 is 3.63. The lowest BCUT2D eigenvalue weighted by molar-refractivity contribution is 0.583. The highest BCUT2D eigenvalue weighted by Crippen LogP contribution is 2.24. The summed E-state index contributed by atoms with van der Waals surface area (Å²) in [5.74, 6) is 6.47. The van der Waals surface area contributed by atoms with Crippen molar-refractivity contribution < 1.29 is 0 Å². The van der Waals surface area contributed by atoms with Crippen LogP contribution in [0.2, 0.25) is 0 Å². The Bertz CT molecular complexity index is 449. The van der Waals surface area contributed by atoms with Crippen LogP contribution in [0.25, 0.3) is 0 Å². The average Bonchev–Trinajstić information content (AvgIpc) is 2.68. The molecule has 0 amide bonds. The van der Waals surface area contributed by atoms with Crippen LogP contribution in [0.3, 0.4) is 0 Å². The molecule has 1 fully saturated rings. The summed E-state index contributed by atoms with van der Waals surface area (Å²) in [6, 6.07) is 6.57. The van der Waals surface area contributed by atoms with Crippen molar-refractivity contribution in [3.05, 3.63) is 33.8 Å². The third-order valence-electron chi connectivity index (χ3n) is 3.72. The average molecular weight is 324 g/mol. The number of benzene rings is 1. The number of nitrogens with zero attached hydrogens (tertiary/aromatic N) is 1. The van der Waals surface area contributed by atoms with Gasteiger partial charge in [-0.15, -0.1) is 0 Å². The molecule has 19 heavy (non-hydrogen) atoms. The second-order valence-corrected chi connectivity index (χ2v) is 6.00. The first-order valence-corrected chi connectivity index (χ1v) is 7.81. The van der Waals surface area contributed by atoms with Crippen molar-refractivity contribution in [1.29, 1.82) is 0 Å². The molecule has 2 rings (SSSR count). The largest absolute Gasteiger partial charge is 0.308 e. The third-order valence-corrected chi connectivity index (χ3v) is 4.77. The fourth-order valence-corrected chi connectivity index (χ4v) is 3.04. The van der Waals surface area contributed by atoms with E-state index >= 15 is 0 Å². The lowest BCUT2D eigenvalue weighted by Crippen LogP contribution is -2.32. The van der Waals surface area contributed by atoms with E-state index in [1.54, 1.807) is 0 Å². The van der Waals surface area contributed by atoms with Gasteiger partial charge in [-0.05, 0) is 41.3 Å². The SMILES string of the molecule is Cc1cccc(C(=NC2CCCCCC2)NN)c1Br. The summed E-state index contributed by atoms with van der Waals surface area (Å²) in [5.41, 5.74) is 5.02. The Morgan fingerprint density at radius 2 is 1.95 bits per heavy atom. The smallest absolute Gasteiger partial charge is 0.143 e. The Balaban J connectivity index is 2.25. The molecule has 0 unspecified atom stereocenters. The van der Waals surface area contributed by atoms with E-state index in [0.29, 0.717) is 6.04 Å². The summed E-state index contributed by atoms with van der Waals surface area (Å²) in [7, 11) is 0. The number of nitrogens with one attached hydrogen (secondary N) is 1. The van der Waals surface area contributed by atoms with Gasteiger partial charge in [0.1, 0.15) is 5.84 Å². The van der Waals surface area contributed by atoms with E-state index in [2.05, 4.69) is 34.3 Å². The number of hydrazine groups is 1. The molecule has 104 valence electrons. The van der Waals surface area contributed by atoms with E-state index in [1.165, 1.54) is 44.1 Å². The van der Waals surface area contributed by atoms with Crippen molar-refractivity contribution in [3.8, 4) is 0 Å². The van der Waals surface area contributed by atoms with Crippen molar-refractivity contribution >= 4 is 21.8 Å². The quantitative estimate of drug-likeness (QED) is 0.287. The predicted molar refractivity (Wildman–Crippen MR) is 84.2 cm³/mol. The molecule has 0 heterocycles. The summed E-state index contributed by atoms with van der Waals surface area (Å²) in [5, 5.41) is 0. The van der Waals surface area contributed by atoms with E-state index in [4.69, 9.17) is 10.8 Å². The maximum Gasteiger partial charge on any atom is 0.143 e. The molecule has 0 bridgehead atoms. The van der Waals surface area contributed by atoms with Gasteiger partial charge in [0.25, 0.3) is 0 Å². The van der Waals surface area contributed by atoms with Crippen molar-refractivity contribution in [3.63, 3.8) is 0 Å². The second-order valence-electron chi connectivity index (χ2n) is 5.20. The minimum absolute atomic E-state index is 0.404. The number of hydrogen-bond donors (Lipinski definition) is 2. The number of halogens is 1. The number of hydrogen-bond acceptors (Lipinski definition) is 2. The highest BCUT2D eigenvalue weighted by Gasteiger charge is 2.14. The molecule has 0 spiro atoms. The monoisotopic (exact) mass is 323 g/mol. The number of nitrogens with two attached hydrogens (primary N) is 1. The summed E-state index contributed by atoms with van der Waals surface area (Å²) < 4.78 is 1.07. The Labute approximate surface area is 123 Å². The van der Waals surface area contributed by atoms with E-state index < -0.39 is 0 Å². The van der Waals surface area contributed by atoms with Crippen LogP contribution >= 0.6 is 15.9 Å². The lowest BCUT2D eigenvalue weighted by atomic mass is 10.1. The molecular weight excluding hydrogens is 302 g/mol. The fraction of sp³-hybridized carbons (Fsp3) is 0.533. The molecule has 1 aromatic carbocycles. The molecule has 3 N–H and O–H groups in total. The molecule has 4 heteroatoms. The zero-order valence-electron chi connectivity index (χ0n) is 11.5. The van der Waals surface area contributed by atoms with E-state index in [0.717, 1.165) is 15.9 Å². The Kier molecular flexibility index (Phi) is 5.40. The van der Waals surface area contributed by atoms with Gasteiger partial charge >= 0.3 is 0 Å². The lowest BCUT2D eigenvalue weighted by Gasteiger charge is -2.14. The predicted octanol–water partition coefficient (Wildman–Crippen LogP) is 3.69. The molecule has 0 atom stereocenters. The third kappa shape index (κ3) is 3.80. The first-order chi connectivity index (χ1) is 9.22. The summed E-state index contributed by atoms with van der Waals surface area (Å²) in [6.07, 6.45) is 7.59. The van der Waals surface area contributed by atoms with Crippen LogP contribution in [-0.2, 0) is 0 Å². The molecule has 1 aliphatic rings. The van der Waals surface area contributed by atoms with Crippen molar-refractivity contribution in [2.24, 2.45) is 10.8 Å². The van der Waals surface area contributed by atoms with E-state index in [1.807, 2.05) is 12.1 Å². The van der Waals surface area contributed by atoms with Gasteiger partial charge in [-0.2, -0.15) is 0 Å². The first-order valence-electron chi connectivity index (χ1n) is 7.02. The Hall–Kier alpha value is -0.870. The van der Waals surface area contributed by atoms with Gasteiger partial charge in [0.15, 0.2) is 0 Å². The van der Waals surface area contributed by atoms with Crippen molar-refractivity contribution in [1.82, 2.24) is 5.43 Å². The minimum atomic E-state index is 0.404. The van der Waals surface area contributed by atoms with Gasteiger partial charge in [0.05, 0.1) is 6.04 Å². The standard InChI is InChI=1S/C15H22BrN3/c1-11-7-6-10-13(14(11)16)15(19-17)18-12-8-4-2-3-5-9-12/h6-7,10,12H,2-5,8-9,17H2,1H3,(H,18,19).